The molecule has 2 aromatic rings. The number of rotatable bonds is 5. The molecule has 1 aromatic carbocycles. The van der Waals surface area contributed by atoms with Gasteiger partial charge in [0.15, 0.2) is 0 Å². The second-order valence-corrected chi connectivity index (χ2v) is 5.32. The molecule has 0 spiro atoms. The summed E-state index contributed by atoms with van der Waals surface area (Å²) in [5.74, 6) is -0.636. The van der Waals surface area contributed by atoms with Gasteiger partial charge in [-0.2, -0.15) is 0 Å². The van der Waals surface area contributed by atoms with Gasteiger partial charge in [0.1, 0.15) is 11.5 Å². The molecule has 4 nitrogen and oxygen atoms in total. The Labute approximate surface area is 120 Å². The molecular formula is C14H16FN3OS. The van der Waals surface area contributed by atoms with E-state index in [-0.39, 0.29) is 11.7 Å². The molecule has 0 saturated heterocycles. The van der Waals surface area contributed by atoms with E-state index in [2.05, 4.69) is 10.3 Å². The molecule has 0 saturated carbocycles. The van der Waals surface area contributed by atoms with Crippen LogP contribution >= 0.6 is 11.3 Å². The van der Waals surface area contributed by atoms with Crippen molar-refractivity contribution in [2.45, 2.75) is 19.4 Å². The third-order valence-electron chi connectivity index (χ3n) is 2.86. The molecule has 0 aliphatic heterocycles. The fourth-order valence-electron chi connectivity index (χ4n) is 1.83. The Hall–Kier alpha value is -1.79. The van der Waals surface area contributed by atoms with E-state index < -0.39 is 6.04 Å². The van der Waals surface area contributed by atoms with Crippen LogP contribution in [0.5, 0.6) is 0 Å². The predicted molar refractivity (Wildman–Crippen MR) is 77.2 cm³/mol. The Morgan fingerprint density at radius 2 is 2.25 bits per heavy atom. The maximum atomic E-state index is 13.6. The van der Waals surface area contributed by atoms with Gasteiger partial charge >= 0.3 is 0 Å². The molecular weight excluding hydrogens is 277 g/mol. The fraction of sp³-hybridized carbons (Fsp3) is 0.286. The molecule has 1 aromatic heterocycles. The van der Waals surface area contributed by atoms with Crippen molar-refractivity contribution < 1.29 is 9.18 Å². The Kier molecular flexibility index (Phi) is 4.81. The van der Waals surface area contributed by atoms with Crippen LogP contribution in [0.15, 0.2) is 29.6 Å². The summed E-state index contributed by atoms with van der Waals surface area (Å²) < 4.78 is 13.6. The third kappa shape index (κ3) is 3.40. The van der Waals surface area contributed by atoms with Crippen molar-refractivity contribution in [1.29, 1.82) is 0 Å². The monoisotopic (exact) mass is 293 g/mol. The summed E-state index contributed by atoms with van der Waals surface area (Å²) >= 11 is 1.40. The molecule has 0 fully saturated rings. The van der Waals surface area contributed by atoms with E-state index in [4.69, 9.17) is 5.73 Å². The predicted octanol–water partition coefficient (Wildman–Crippen LogP) is 2.27. The smallest absolute Gasteiger partial charge is 0.271 e. The van der Waals surface area contributed by atoms with Crippen LogP contribution < -0.4 is 11.1 Å². The van der Waals surface area contributed by atoms with Gasteiger partial charge in [0.25, 0.3) is 5.91 Å². The average Bonchev–Trinajstić information content (AvgIpc) is 2.88. The van der Waals surface area contributed by atoms with Crippen LogP contribution in [0, 0.1) is 5.82 Å². The summed E-state index contributed by atoms with van der Waals surface area (Å²) in [6, 6.07) is 5.97. The van der Waals surface area contributed by atoms with Gasteiger partial charge < -0.3 is 11.1 Å². The summed E-state index contributed by atoms with van der Waals surface area (Å²) in [6.07, 6.45) is 0.654. The number of thiazole rings is 1. The number of hydrogen-bond donors (Lipinski definition) is 2. The van der Waals surface area contributed by atoms with Crippen LogP contribution in [0.2, 0.25) is 0 Å². The Bertz CT molecular complexity index is 600. The lowest BCUT2D eigenvalue weighted by Gasteiger charge is -2.14. The van der Waals surface area contributed by atoms with Crippen LogP contribution in [0.3, 0.4) is 0 Å². The SMILES string of the molecule is CC(NC(=O)c1csc(CCN)n1)c1ccccc1F. The van der Waals surface area contributed by atoms with E-state index in [0.29, 0.717) is 24.2 Å². The van der Waals surface area contributed by atoms with E-state index in [1.165, 1.54) is 17.4 Å². The first-order chi connectivity index (χ1) is 9.61. The number of nitrogens with zero attached hydrogens (tertiary/aromatic N) is 1. The Morgan fingerprint density at radius 3 is 2.95 bits per heavy atom. The average molecular weight is 293 g/mol. The van der Waals surface area contributed by atoms with Gasteiger partial charge in [-0.1, -0.05) is 18.2 Å². The van der Waals surface area contributed by atoms with Gasteiger partial charge in [-0.3, -0.25) is 4.79 Å². The van der Waals surface area contributed by atoms with E-state index in [1.54, 1.807) is 30.5 Å². The molecule has 6 heteroatoms. The van der Waals surface area contributed by atoms with Crippen molar-refractivity contribution in [1.82, 2.24) is 10.3 Å². The topological polar surface area (TPSA) is 68.0 Å². The molecule has 1 unspecified atom stereocenters. The quantitative estimate of drug-likeness (QED) is 0.888. The van der Waals surface area contributed by atoms with Crippen molar-refractivity contribution in [3.8, 4) is 0 Å². The molecule has 0 aliphatic rings. The number of amides is 1. The van der Waals surface area contributed by atoms with E-state index in [9.17, 15) is 9.18 Å². The zero-order valence-corrected chi connectivity index (χ0v) is 11.9. The van der Waals surface area contributed by atoms with Gasteiger partial charge in [0, 0.05) is 17.4 Å². The maximum Gasteiger partial charge on any atom is 0.271 e. The van der Waals surface area contributed by atoms with Gasteiger partial charge in [0.05, 0.1) is 11.0 Å². The molecule has 1 amide bonds. The van der Waals surface area contributed by atoms with Crippen LogP contribution in [-0.2, 0) is 6.42 Å². The highest BCUT2D eigenvalue weighted by molar-refractivity contribution is 7.09. The number of nitrogens with one attached hydrogen (secondary N) is 1. The van der Waals surface area contributed by atoms with Crippen molar-refractivity contribution in [3.63, 3.8) is 0 Å². The second kappa shape index (κ2) is 6.58. The number of carbonyl (C=O) groups excluding carboxylic acids is 1. The summed E-state index contributed by atoms with van der Waals surface area (Å²) in [5, 5.41) is 5.26. The molecule has 0 bridgehead atoms. The number of carbonyl (C=O) groups is 1. The first-order valence-electron chi connectivity index (χ1n) is 6.31. The molecule has 20 heavy (non-hydrogen) atoms. The highest BCUT2D eigenvalue weighted by Crippen LogP contribution is 2.17. The summed E-state index contributed by atoms with van der Waals surface area (Å²) in [4.78, 5) is 16.2. The van der Waals surface area contributed by atoms with Crippen LogP contribution in [-0.4, -0.2) is 17.4 Å². The highest BCUT2D eigenvalue weighted by atomic mass is 32.1. The number of aromatic nitrogens is 1. The zero-order valence-electron chi connectivity index (χ0n) is 11.1. The molecule has 1 heterocycles. The summed E-state index contributed by atoms with van der Waals surface area (Å²) in [7, 11) is 0. The number of nitrogens with two attached hydrogens (primary N) is 1. The Balaban J connectivity index is 2.05. The molecule has 1 atom stereocenters. The van der Waals surface area contributed by atoms with Crippen LogP contribution in [0.4, 0.5) is 4.39 Å². The normalized spacial score (nSPS) is 12.2. The molecule has 3 N–H and O–H groups in total. The lowest BCUT2D eigenvalue weighted by molar-refractivity contribution is 0.0935. The molecule has 0 radical (unpaired) electrons. The first kappa shape index (κ1) is 14.6. The van der Waals surface area contributed by atoms with Crippen molar-refractivity contribution in [2.24, 2.45) is 5.73 Å². The lowest BCUT2D eigenvalue weighted by Crippen LogP contribution is -2.27. The summed E-state index contributed by atoms with van der Waals surface area (Å²) in [5.41, 5.74) is 6.25. The van der Waals surface area contributed by atoms with Crippen LogP contribution in [0.25, 0.3) is 0 Å². The first-order valence-corrected chi connectivity index (χ1v) is 7.19. The van der Waals surface area contributed by atoms with Crippen molar-refractivity contribution >= 4 is 17.2 Å². The van der Waals surface area contributed by atoms with Gasteiger partial charge in [-0.15, -0.1) is 11.3 Å². The Morgan fingerprint density at radius 1 is 1.50 bits per heavy atom. The fourth-order valence-corrected chi connectivity index (χ4v) is 2.62. The van der Waals surface area contributed by atoms with Crippen molar-refractivity contribution in [3.05, 3.63) is 51.7 Å². The molecule has 2 rings (SSSR count). The van der Waals surface area contributed by atoms with E-state index >= 15 is 0 Å². The number of benzene rings is 1. The zero-order chi connectivity index (χ0) is 14.5. The number of hydrogen-bond acceptors (Lipinski definition) is 4. The van der Waals surface area contributed by atoms with Gasteiger partial charge in [-0.25, -0.2) is 9.37 Å². The van der Waals surface area contributed by atoms with Crippen LogP contribution in [0.1, 0.15) is 34.0 Å². The molecule has 0 aliphatic carbocycles. The summed E-state index contributed by atoms with van der Waals surface area (Å²) in [6.45, 7) is 2.24. The van der Waals surface area contributed by atoms with E-state index in [1.807, 2.05) is 0 Å². The standard InChI is InChI=1S/C14H16FN3OS/c1-9(10-4-2-3-5-11(10)15)17-14(19)12-8-20-13(18-12)6-7-16/h2-5,8-9H,6-7,16H2,1H3,(H,17,19). The largest absolute Gasteiger partial charge is 0.344 e. The van der Waals surface area contributed by atoms with E-state index in [0.717, 1.165) is 5.01 Å². The maximum absolute atomic E-state index is 13.6. The minimum Gasteiger partial charge on any atom is -0.344 e. The third-order valence-corrected chi connectivity index (χ3v) is 3.77. The minimum absolute atomic E-state index is 0.305. The minimum atomic E-state index is -0.414. The van der Waals surface area contributed by atoms with Gasteiger partial charge in [0.2, 0.25) is 0 Å². The number of halogens is 1. The highest BCUT2D eigenvalue weighted by Gasteiger charge is 2.16. The second-order valence-electron chi connectivity index (χ2n) is 4.38. The lowest BCUT2D eigenvalue weighted by atomic mass is 10.1. The molecule has 106 valence electrons. The van der Waals surface area contributed by atoms with Gasteiger partial charge in [-0.05, 0) is 19.5 Å². The van der Waals surface area contributed by atoms with Crippen molar-refractivity contribution in [2.75, 3.05) is 6.54 Å².